The van der Waals surface area contributed by atoms with Crippen molar-refractivity contribution < 1.29 is 49.5 Å². The largest absolute Gasteiger partial charge is 0.481 e. The van der Waals surface area contributed by atoms with Gasteiger partial charge in [-0.1, -0.05) is 12.1 Å². The summed E-state index contributed by atoms with van der Waals surface area (Å²) in [5.74, 6) is -6.18. The number of nitrogens with zero attached hydrogens (tertiary/aromatic N) is 3. The van der Waals surface area contributed by atoms with Crippen LogP contribution in [-0.2, 0) is 30.5 Å². The third-order valence-electron chi connectivity index (χ3n) is 5.16. The summed E-state index contributed by atoms with van der Waals surface area (Å²) in [7, 11) is 1.73. The maximum atomic E-state index is 11.5. The Hall–Kier alpha value is -3.75. The Balaban J connectivity index is 3.20. The molecule has 36 heavy (non-hydrogen) atoms. The summed E-state index contributed by atoms with van der Waals surface area (Å²) < 4.78 is 0. The molecular formula is C22H32N4O10. The van der Waals surface area contributed by atoms with E-state index in [-0.39, 0.29) is 26.3 Å². The number of carboxylic acids is 5. The van der Waals surface area contributed by atoms with Crippen LogP contribution in [0, 0.1) is 0 Å². The van der Waals surface area contributed by atoms with E-state index in [0.29, 0.717) is 0 Å². The second-order valence-corrected chi connectivity index (χ2v) is 8.13. The number of aliphatic carboxylic acids is 5. The van der Waals surface area contributed by atoms with Gasteiger partial charge >= 0.3 is 29.8 Å². The van der Waals surface area contributed by atoms with Gasteiger partial charge in [0.2, 0.25) is 0 Å². The van der Waals surface area contributed by atoms with Crippen LogP contribution in [0.15, 0.2) is 24.3 Å². The molecule has 0 heterocycles. The van der Waals surface area contributed by atoms with Gasteiger partial charge < -0.3 is 30.8 Å². The Morgan fingerprint density at radius 1 is 0.722 bits per heavy atom. The van der Waals surface area contributed by atoms with Crippen molar-refractivity contribution in [2.45, 2.75) is 25.4 Å². The van der Waals surface area contributed by atoms with Gasteiger partial charge in [0, 0.05) is 38.4 Å². The third-order valence-corrected chi connectivity index (χ3v) is 5.16. The van der Waals surface area contributed by atoms with Crippen molar-refractivity contribution in [3.63, 3.8) is 0 Å². The van der Waals surface area contributed by atoms with E-state index in [1.165, 1.54) is 9.80 Å². The van der Waals surface area contributed by atoms with Crippen LogP contribution in [-0.4, -0.2) is 123 Å². The van der Waals surface area contributed by atoms with Crippen LogP contribution < -0.4 is 5.32 Å². The molecule has 0 spiro atoms. The normalized spacial score (nSPS) is 11.2. The lowest BCUT2D eigenvalue weighted by atomic mass is 10.1. The highest BCUT2D eigenvalue weighted by Gasteiger charge is 2.27. The van der Waals surface area contributed by atoms with Gasteiger partial charge in [-0.3, -0.25) is 38.7 Å². The topological polar surface area (TPSA) is 208 Å². The highest BCUT2D eigenvalue weighted by Crippen LogP contribution is 2.17. The monoisotopic (exact) mass is 512 g/mol. The average Bonchev–Trinajstić information content (AvgIpc) is 2.75. The minimum Gasteiger partial charge on any atom is -0.481 e. The SMILES string of the molecule is CNc1ccc(CN(CN(CCN(CC(=O)O)CC(=O)O)CC(=O)O)C(CC(=O)O)CC(=O)O)cc1. The molecule has 6 N–H and O–H groups in total. The summed E-state index contributed by atoms with van der Waals surface area (Å²) >= 11 is 0. The highest BCUT2D eigenvalue weighted by atomic mass is 16.4. The van der Waals surface area contributed by atoms with Gasteiger partial charge in [0.1, 0.15) is 0 Å². The fourth-order valence-corrected chi connectivity index (χ4v) is 3.57. The van der Waals surface area contributed by atoms with Gasteiger partial charge in [-0.25, -0.2) is 0 Å². The van der Waals surface area contributed by atoms with Crippen LogP contribution >= 0.6 is 0 Å². The zero-order valence-corrected chi connectivity index (χ0v) is 19.9. The van der Waals surface area contributed by atoms with Gasteiger partial charge in [0.05, 0.1) is 39.1 Å². The molecule has 1 rings (SSSR count). The van der Waals surface area contributed by atoms with Crippen molar-refractivity contribution in [1.82, 2.24) is 14.7 Å². The van der Waals surface area contributed by atoms with E-state index in [9.17, 15) is 39.3 Å². The van der Waals surface area contributed by atoms with Crippen LogP contribution in [0.3, 0.4) is 0 Å². The van der Waals surface area contributed by atoms with E-state index in [1.807, 2.05) is 0 Å². The fraction of sp³-hybridized carbons (Fsp3) is 0.500. The average molecular weight is 513 g/mol. The minimum absolute atomic E-state index is 0.0606. The van der Waals surface area contributed by atoms with E-state index >= 15 is 0 Å². The minimum atomic E-state index is -1.25. The van der Waals surface area contributed by atoms with Crippen molar-refractivity contribution in [2.24, 2.45) is 0 Å². The lowest BCUT2D eigenvalue weighted by molar-refractivity contribution is -0.144. The van der Waals surface area contributed by atoms with Gasteiger partial charge in [-0.2, -0.15) is 0 Å². The maximum absolute atomic E-state index is 11.5. The zero-order valence-electron chi connectivity index (χ0n) is 19.9. The smallest absolute Gasteiger partial charge is 0.317 e. The molecule has 1 aromatic carbocycles. The number of rotatable bonds is 19. The summed E-state index contributed by atoms with van der Waals surface area (Å²) in [4.78, 5) is 60.6. The molecule has 0 amide bonds. The van der Waals surface area contributed by atoms with Crippen molar-refractivity contribution in [3.8, 4) is 0 Å². The number of hydrogen-bond acceptors (Lipinski definition) is 9. The van der Waals surface area contributed by atoms with Gasteiger partial charge in [0.15, 0.2) is 0 Å². The standard InChI is InChI=1S/C22H32N4O10/c1-23-16-4-2-15(3-5-16)10-26(17(8-18(27)28)9-19(29)30)14-25(13-22(35)36)7-6-24(11-20(31)32)12-21(33)34/h2-5,17,23H,6-14H2,1H3,(H,27,28)(H,29,30)(H,31,32)(H,33,34)(H,35,36). The Morgan fingerprint density at radius 3 is 1.58 bits per heavy atom. The molecule has 0 aliphatic heterocycles. The lowest BCUT2D eigenvalue weighted by Crippen LogP contribution is -2.49. The fourth-order valence-electron chi connectivity index (χ4n) is 3.57. The van der Waals surface area contributed by atoms with Crippen LogP contribution in [0.2, 0.25) is 0 Å². The van der Waals surface area contributed by atoms with Crippen molar-refractivity contribution >= 4 is 35.5 Å². The van der Waals surface area contributed by atoms with E-state index in [1.54, 1.807) is 31.3 Å². The lowest BCUT2D eigenvalue weighted by Gasteiger charge is -2.35. The number of nitrogens with one attached hydrogen (secondary N) is 1. The zero-order chi connectivity index (χ0) is 27.3. The number of carboxylic acid groups (broad SMARTS) is 5. The summed E-state index contributed by atoms with van der Waals surface area (Å²) in [6.45, 7) is -1.87. The number of benzene rings is 1. The third kappa shape index (κ3) is 12.6. The molecule has 14 nitrogen and oxygen atoms in total. The molecule has 0 saturated heterocycles. The molecule has 0 saturated carbocycles. The highest BCUT2D eigenvalue weighted by molar-refractivity contribution is 5.73. The summed E-state index contributed by atoms with van der Waals surface area (Å²) in [6.07, 6.45) is -1.02. The van der Waals surface area contributed by atoms with Gasteiger partial charge in [-0.15, -0.1) is 0 Å². The van der Waals surface area contributed by atoms with Crippen molar-refractivity contribution in [3.05, 3.63) is 29.8 Å². The van der Waals surface area contributed by atoms with Crippen LogP contribution in [0.25, 0.3) is 0 Å². The number of anilines is 1. The second kappa shape index (κ2) is 15.3. The van der Waals surface area contributed by atoms with E-state index in [4.69, 9.17) is 10.2 Å². The summed E-state index contributed by atoms with van der Waals surface area (Å²) in [5.41, 5.74) is 1.55. The first kappa shape index (κ1) is 30.3. The van der Waals surface area contributed by atoms with E-state index in [0.717, 1.165) is 16.2 Å². The van der Waals surface area contributed by atoms with Crippen molar-refractivity contribution in [2.75, 3.05) is 51.8 Å². The Bertz CT molecular complexity index is 877. The van der Waals surface area contributed by atoms with Gasteiger partial charge in [-0.05, 0) is 17.7 Å². The maximum Gasteiger partial charge on any atom is 0.317 e. The second-order valence-electron chi connectivity index (χ2n) is 8.13. The molecule has 1 aromatic rings. The van der Waals surface area contributed by atoms with E-state index in [2.05, 4.69) is 5.32 Å². The first-order valence-corrected chi connectivity index (χ1v) is 10.9. The Labute approximate surface area is 207 Å². The van der Waals surface area contributed by atoms with Crippen LogP contribution in [0.4, 0.5) is 5.69 Å². The molecule has 0 bridgehead atoms. The summed E-state index contributed by atoms with van der Waals surface area (Å²) in [6, 6.07) is 6.11. The van der Waals surface area contributed by atoms with E-state index < -0.39 is 68.4 Å². The molecule has 0 unspecified atom stereocenters. The first-order chi connectivity index (χ1) is 16.9. The first-order valence-electron chi connectivity index (χ1n) is 10.9. The molecule has 0 aliphatic carbocycles. The van der Waals surface area contributed by atoms with Crippen LogP contribution in [0.1, 0.15) is 18.4 Å². The van der Waals surface area contributed by atoms with Crippen LogP contribution in [0.5, 0.6) is 0 Å². The molecule has 0 radical (unpaired) electrons. The molecule has 0 aliphatic rings. The van der Waals surface area contributed by atoms with Crippen molar-refractivity contribution in [1.29, 1.82) is 0 Å². The predicted octanol–water partition coefficient (Wildman–Crippen LogP) is -0.336. The Kier molecular flexibility index (Phi) is 12.9. The quantitative estimate of drug-likeness (QED) is 0.131. The molecular weight excluding hydrogens is 480 g/mol. The summed E-state index contributed by atoms with van der Waals surface area (Å²) in [5, 5.41) is 49.1. The number of carbonyl (C=O) groups is 5. The predicted molar refractivity (Wildman–Crippen MR) is 126 cm³/mol. The van der Waals surface area contributed by atoms with Gasteiger partial charge in [0.25, 0.3) is 0 Å². The molecule has 200 valence electrons. The Morgan fingerprint density at radius 2 is 1.17 bits per heavy atom. The molecule has 14 heteroatoms. The number of hydrogen-bond donors (Lipinski definition) is 6. The molecule has 0 atom stereocenters. The molecule has 0 fully saturated rings. The molecule has 0 aromatic heterocycles.